The lowest BCUT2D eigenvalue weighted by Crippen LogP contribution is -2.46. The van der Waals surface area contributed by atoms with E-state index < -0.39 is 5.66 Å². The Morgan fingerprint density at radius 3 is 2.24 bits per heavy atom. The zero-order chi connectivity index (χ0) is 12.9. The molecule has 1 saturated heterocycles. The Bertz CT molecular complexity index is 346. The van der Waals surface area contributed by atoms with Gasteiger partial charge in [0, 0.05) is 0 Å². The van der Waals surface area contributed by atoms with Crippen LogP contribution in [0.3, 0.4) is 0 Å². The minimum Gasteiger partial charge on any atom is -0.373 e. The molecule has 1 unspecified atom stereocenters. The number of epoxide rings is 1. The Kier molecular flexibility index (Phi) is 5.12. The molecule has 4 N–H and O–H groups in total. The van der Waals surface area contributed by atoms with Gasteiger partial charge in [0.2, 0.25) is 0 Å². The molecule has 1 aliphatic heterocycles. The normalized spacial score (nSPS) is 18.3. The third kappa shape index (κ3) is 4.46. The SMILES string of the molecule is CC1CO1.CCc1ccccc1C(N)(N)CC. The Morgan fingerprint density at radius 1 is 1.29 bits per heavy atom. The standard InChI is InChI=1S/C11H18N2.C3H6O/c1-3-9-7-5-6-8-10(9)11(12,13)4-2;1-3-2-4-3/h5-8H,3-4,12-13H2,1-2H3;3H,2H2,1H3. The average molecular weight is 236 g/mol. The molecule has 96 valence electrons. The highest BCUT2D eigenvalue weighted by atomic mass is 16.6. The minimum absolute atomic E-state index is 0.583. The molecule has 1 atom stereocenters. The second kappa shape index (κ2) is 6.15. The highest BCUT2D eigenvalue weighted by Crippen LogP contribution is 2.20. The van der Waals surface area contributed by atoms with Crippen molar-refractivity contribution in [2.45, 2.75) is 45.4 Å². The van der Waals surface area contributed by atoms with Crippen molar-refractivity contribution in [1.29, 1.82) is 0 Å². The molecule has 0 aromatic heterocycles. The number of ether oxygens (including phenoxy) is 1. The first kappa shape index (κ1) is 14.2. The van der Waals surface area contributed by atoms with Gasteiger partial charge in [0.25, 0.3) is 0 Å². The highest BCUT2D eigenvalue weighted by Gasteiger charge is 2.21. The van der Waals surface area contributed by atoms with Crippen molar-refractivity contribution in [2.75, 3.05) is 6.61 Å². The second-order valence-corrected chi connectivity index (χ2v) is 4.55. The van der Waals surface area contributed by atoms with Crippen molar-refractivity contribution in [1.82, 2.24) is 0 Å². The lowest BCUT2D eigenvalue weighted by Gasteiger charge is -2.25. The summed E-state index contributed by atoms with van der Waals surface area (Å²) in [5, 5.41) is 0. The second-order valence-electron chi connectivity index (χ2n) is 4.55. The highest BCUT2D eigenvalue weighted by molar-refractivity contribution is 5.32. The van der Waals surface area contributed by atoms with E-state index in [-0.39, 0.29) is 0 Å². The van der Waals surface area contributed by atoms with Crippen molar-refractivity contribution in [3.8, 4) is 0 Å². The van der Waals surface area contributed by atoms with E-state index in [1.54, 1.807) is 0 Å². The lowest BCUT2D eigenvalue weighted by molar-refractivity contribution is 0.423. The molecule has 0 bridgehead atoms. The van der Waals surface area contributed by atoms with Gasteiger partial charge in [-0.1, -0.05) is 38.1 Å². The molecule has 0 amide bonds. The third-order valence-electron chi connectivity index (χ3n) is 2.98. The van der Waals surface area contributed by atoms with Crippen LogP contribution in [-0.2, 0) is 16.8 Å². The predicted octanol–water partition coefficient (Wildman–Crippen LogP) is 2.13. The van der Waals surface area contributed by atoms with E-state index in [9.17, 15) is 0 Å². The van der Waals surface area contributed by atoms with Gasteiger partial charge in [-0.2, -0.15) is 0 Å². The number of hydrogen-bond donors (Lipinski definition) is 2. The fourth-order valence-electron chi connectivity index (χ4n) is 1.57. The topological polar surface area (TPSA) is 64.6 Å². The van der Waals surface area contributed by atoms with E-state index in [2.05, 4.69) is 19.9 Å². The molecule has 1 fully saturated rings. The monoisotopic (exact) mass is 236 g/mol. The van der Waals surface area contributed by atoms with E-state index in [0.717, 1.165) is 25.0 Å². The van der Waals surface area contributed by atoms with Crippen molar-refractivity contribution < 1.29 is 4.74 Å². The number of hydrogen-bond acceptors (Lipinski definition) is 3. The van der Waals surface area contributed by atoms with E-state index in [0.29, 0.717) is 6.10 Å². The van der Waals surface area contributed by atoms with Gasteiger partial charge in [-0.3, -0.25) is 0 Å². The maximum atomic E-state index is 5.99. The average Bonchev–Trinajstić information content (AvgIpc) is 3.12. The van der Waals surface area contributed by atoms with Gasteiger partial charge in [0.1, 0.15) is 0 Å². The summed E-state index contributed by atoms with van der Waals surface area (Å²) in [5.74, 6) is 0. The van der Waals surface area contributed by atoms with E-state index in [4.69, 9.17) is 16.2 Å². The zero-order valence-corrected chi connectivity index (χ0v) is 11.1. The van der Waals surface area contributed by atoms with Crippen molar-refractivity contribution in [3.63, 3.8) is 0 Å². The fraction of sp³-hybridized carbons (Fsp3) is 0.571. The number of benzene rings is 1. The molecule has 1 aromatic rings. The van der Waals surface area contributed by atoms with Crippen LogP contribution < -0.4 is 11.5 Å². The number of nitrogens with two attached hydrogens (primary N) is 2. The molecule has 3 nitrogen and oxygen atoms in total. The van der Waals surface area contributed by atoms with Gasteiger partial charge in [-0.25, -0.2) is 0 Å². The maximum Gasteiger partial charge on any atom is 0.0899 e. The molecule has 0 saturated carbocycles. The van der Waals surface area contributed by atoms with Crippen molar-refractivity contribution >= 4 is 0 Å². The Hall–Kier alpha value is -0.900. The summed E-state index contributed by atoms with van der Waals surface area (Å²) >= 11 is 0. The molecular weight excluding hydrogens is 212 g/mol. The predicted molar refractivity (Wildman–Crippen MR) is 71.6 cm³/mol. The van der Waals surface area contributed by atoms with Crippen LogP contribution in [0.5, 0.6) is 0 Å². The molecule has 3 heteroatoms. The maximum absolute atomic E-state index is 5.99. The van der Waals surface area contributed by atoms with Gasteiger partial charge < -0.3 is 16.2 Å². The van der Waals surface area contributed by atoms with Crippen molar-refractivity contribution in [3.05, 3.63) is 35.4 Å². The van der Waals surface area contributed by atoms with Gasteiger partial charge in [-0.15, -0.1) is 0 Å². The van der Waals surface area contributed by atoms with Crippen LogP contribution in [0.25, 0.3) is 0 Å². The summed E-state index contributed by atoms with van der Waals surface area (Å²) in [7, 11) is 0. The van der Waals surface area contributed by atoms with Gasteiger partial charge in [-0.05, 0) is 30.9 Å². The molecule has 1 aliphatic rings. The first-order chi connectivity index (χ1) is 8.01. The molecule has 17 heavy (non-hydrogen) atoms. The van der Waals surface area contributed by atoms with Crippen LogP contribution in [0.15, 0.2) is 24.3 Å². The molecule has 0 aliphatic carbocycles. The molecule has 0 radical (unpaired) electrons. The largest absolute Gasteiger partial charge is 0.373 e. The fourth-order valence-corrected chi connectivity index (χ4v) is 1.57. The number of aryl methyl sites for hydroxylation is 1. The summed E-state index contributed by atoms with van der Waals surface area (Å²) in [6, 6.07) is 8.11. The van der Waals surface area contributed by atoms with Crippen LogP contribution in [0, 0.1) is 0 Å². The van der Waals surface area contributed by atoms with Crippen LogP contribution in [-0.4, -0.2) is 12.7 Å². The first-order valence-corrected chi connectivity index (χ1v) is 6.29. The summed E-state index contributed by atoms with van der Waals surface area (Å²) in [5.41, 5.74) is 13.6. The lowest BCUT2D eigenvalue weighted by atomic mass is 9.92. The van der Waals surface area contributed by atoms with E-state index in [1.165, 1.54) is 5.56 Å². The Morgan fingerprint density at radius 2 is 1.82 bits per heavy atom. The van der Waals surface area contributed by atoms with Gasteiger partial charge >= 0.3 is 0 Å². The van der Waals surface area contributed by atoms with Crippen molar-refractivity contribution in [2.24, 2.45) is 11.5 Å². The zero-order valence-electron chi connectivity index (χ0n) is 11.1. The van der Waals surface area contributed by atoms with Gasteiger partial charge in [0.05, 0.1) is 18.4 Å². The molecule has 1 aromatic carbocycles. The summed E-state index contributed by atoms with van der Waals surface area (Å²) < 4.78 is 4.71. The molecule has 2 rings (SSSR count). The molecular formula is C14H24N2O. The summed E-state index contributed by atoms with van der Waals surface area (Å²) in [6.07, 6.45) is 2.32. The molecule has 1 heterocycles. The molecule has 0 spiro atoms. The van der Waals surface area contributed by atoms with Crippen LogP contribution in [0.2, 0.25) is 0 Å². The number of rotatable bonds is 3. The Balaban J connectivity index is 0.000000302. The van der Waals surface area contributed by atoms with Gasteiger partial charge in [0.15, 0.2) is 0 Å². The third-order valence-corrected chi connectivity index (χ3v) is 2.98. The Labute approximate surface area is 104 Å². The van der Waals surface area contributed by atoms with Crippen LogP contribution in [0.1, 0.15) is 38.3 Å². The van der Waals surface area contributed by atoms with Crippen LogP contribution in [0.4, 0.5) is 0 Å². The van der Waals surface area contributed by atoms with Crippen LogP contribution >= 0.6 is 0 Å². The van der Waals surface area contributed by atoms with E-state index >= 15 is 0 Å². The quantitative estimate of drug-likeness (QED) is 0.624. The van der Waals surface area contributed by atoms with E-state index in [1.807, 2.05) is 25.1 Å². The minimum atomic E-state index is -0.674. The first-order valence-electron chi connectivity index (χ1n) is 6.29. The smallest absolute Gasteiger partial charge is 0.0899 e. The summed E-state index contributed by atoms with van der Waals surface area (Å²) in [4.78, 5) is 0. The summed E-state index contributed by atoms with van der Waals surface area (Å²) in [6.45, 7) is 7.16.